The zero-order chi connectivity index (χ0) is 12.1. The third-order valence-corrected chi connectivity index (χ3v) is 2.98. The summed E-state index contributed by atoms with van der Waals surface area (Å²) in [6.07, 6.45) is 8.82. The number of amides is 1. The minimum absolute atomic E-state index is 0.156. The molecule has 1 heterocycles. The van der Waals surface area contributed by atoms with E-state index in [9.17, 15) is 4.79 Å². The van der Waals surface area contributed by atoms with Crippen LogP contribution in [0.5, 0.6) is 0 Å². The van der Waals surface area contributed by atoms with E-state index in [2.05, 4.69) is 28.8 Å². The highest BCUT2D eigenvalue weighted by Gasteiger charge is 2.13. The Morgan fingerprint density at radius 1 is 1.53 bits per heavy atom. The van der Waals surface area contributed by atoms with Crippen LogP contribution < -0.4 is 10.9 Å². The summed E-state index contributed by atoms with van der Waals surface area (Å²) in [6.45, 7) is 2.16. The molecule has 0 fully saturated rings. The summed E-state index contributed by atoms with van der Waals surface area (Å²) in [6, 6.07) is 3.49. The second-order valence-corrected chi connectivity index (χ2v) is 4.31. The molecule has 1 aromatic heterocycles. The maximum atomic E-state index is 11.8. The van der Waals surface area contributed by atoms with Crippen LogP contribution in [0.1, 0.15) is 36.5 Å². The molecule has 0 radical (unpaired) electrons. The number of nitrogens with zero attached hydrogens (tertiary/aromatic N) is 1. The van der Waals surface area contributed by atoms with Gasteiger partial charge in [-0.15, -0.1) is 0 Å². The average Bonchev–Trinajstić information content (AvgIpc) is 2.38. The predicted molar refractivity (Wildman–Crippen MR) is 65.9 cm³/mol. The van der Waals surface area contributed by atoms with Crippen LogP contribution >= 0.6 is 0 Å². The van der Waals surface area contributed by atoms with E-state index in [4.69, 9.17) is 0 Å². The molecule has 1 atom stereocenters. The van der Waals surface area contributed by atoms with Crippen LogP contribution in [0.4, 0.5) is 0 Å². The molecular weight excluding hydrogens is 214 g/mol. The Kier molecular flexibility index (Phi) is 3.75. The minimum Gasteiger partial charge on any atom is -0.303 e. The van der Waals surface area contributed by atoms with Crippen molar-refractivity contribution in [3.63, 3.8) is 0 Å². The number of rotatable bonds is 3. The molecule has 1 amide bonds. The third kappa shape index (κ3) is 3.06. The second-order valence-electron chi connectivity index (χ2n) is 4.31. The van der Waals surface area contributed by atoms with Crippen molar-refractivity contribution in [3.8, 4) is 0 Å². The number of hydrogen-bond donors (Lipinski definition) is 2. The van der Waals surface area contributed by atoms with Gasteiger partial charge in [0.2, 0.25) is 0 Å². The molecule has 0 unspecified atom stereocenters. The van der Waals surface area contributed by atoms with Crippen molar-refractivity contribution in [2.45, 2.75) is 26.2 Å². The number of hydrogen-bond acceptors (Lipinski definition) is 3. The molecule has 4 heteroatoms. The summed E-state index contributed by atoms with van der Waals surface area (Å²) in [7, 11) is 0. The fraction of sp³-hybridized carbons (Fsp3) is 0.385. The van der Waals surface area contributed by atoms with E-state index in [-0.39, 0.29) is 5.91 Å². The number of allylic oxidation sites excluding steroid dienone is 2. The Balaban J connectivity index is 1.90. The van der Waals surface area contributed by atoms with Gasteiger partial charge in [-0.25, -0.2) is 0 Å². The lowest BCUT2D eigenvalue weighted by molar-refractivity contribution is 0.0936. The lowest BCUT2D eigenvalue weighted by Crippen LogP contribution is -2.39. The lowest BCUT2D eigenvalue weighted by atomic mass is 9.94. The van der Waals surface area contributed by atoms with Crippen LogP contribution in [-0.4, -0.2) is 10.9 Å². The SMILES string of the molecule is C[C@H]1CCCC=C1NNC(=O)c1cccnc1. The van der Waals surface area contributed by atoms with Gasteiger partial charge < -0.3 is 5.43 Å². The number of pyridine rings is 1. The summed E-state index contributed by atoms with van der Waals surface area (Å²) < 4.78 is 0. The molecule has 0 saturated carbocycles. The molecule has 1 aromatic rings. The van der Waals surface area contributed by atoms with E-state index >= 15 is 0 Å². The van der Waals surface area contributed by atoms with Crippen LogP contribution in [0.3, 0.4) is 0 Å². The average molecular weight is 231 g/mol. The molecule has 90 valence electrons. The van der Waals surface area contributed by atoms with Crippen molar-refractivity contribution in [1.29, 1.82) is 0 Å². The van der Waals surface area contributed by atoms with E-state index < -0.39 is 0 Å². The Hall–Kier alpha value is -1.84. The third-order valence-electron chi connectivity index (χ3n) is 2.98. The molecule has 0 bridgehead atoms. The summed E-state index contributed by atoms with van der Waals surface area (Å²) in [5, 5.41) is 0. The van der Waals surface area contributed by atoms with Gasteiger partial charge in [0.25, 0.3) is 5.91 Å². The van der Waals surface area contributed by atoms with Crippen molar-refractivity contribution >= 4 is 5.91 Å². The maximum Gasteiger partial charge on any atom is 0.271 e. The van der Waals surface area contributed by atoms with Gasteiger partial charge in [-0.3, -0.25) is 15.2 Å². The monoisotopic (exact) mass is 231 g/mol. The van der Waals surface area contributed by atoms with E-state index in [1.807, 2.05) is 0 Å². The molecule has 0 aromatic carbocycles. The Bertz CT molecular complexity index is 414. The van der Waals surface area contributed by atoms with E-state index in [0.29, 0.717) is 11.5 Å². The van der Waals surface area contributed by atoms with Crippen molar-refractivity contribution in [1.82, 2.24) is 15.8 Å². The van der Waals surface area contributed by atoms with Gasteiger partial charge in [-0.2, -0.15) is 0 Å². The van der Waals surface area contributed by atoms with Crippen molar-refractivity contribution in [2.75, 3.05) is 0 Å². The van der Waals surface area contributed by atoms with Crippen LogP contribution in [0.15, 0.2) is 36.3 Å². The van der Waals surface area contributed by atoms with Gasteiger partial charge in [0.15, 0.2) is 0 Å². The Labute approximate surface area is 101 Å². The molecule has 2 N–H and O–H groups in total. The van der Waals surface area contributed by atoms with Crippen molar-refractivity contribution in [3.05, 3.63) is 41.9 Å². The zero-order valence-electron chi connectivity index (χ0n) is 9.94. The highest BCUT2D eigenvalue weighted by atomic mass is 16.2. The van der Waals surface area contributed by atoms with Gasteiger partial charge in [0.05, 0.1) is 5.56 Å². The first kappa shape index (κ1) is 11.6. The zero-order valence-corrected chi connectivity index (χ0v) is 9.94. The fourth-order valence-corrected chi connectivity index (χ4v) is 1.91. The minimum atomic E-state index is -0.156. The largest absolute Gasteiger partial charge is 0.303 e. The number of hydrazine groups is 1. The van der Waals surface area contributed by atoms with Gasteiger partial charge in [0, 0.05) is 18.1 Å². The molecule has 0 saturated heterocycles. The van der Waals surface area contributed by atoms with Crippen LogP contribution in [0.2, 0.25) is 0 Å². The summed E-state index contributed by atoms with van der Waals surface area (Å²) in [5.74, 6) is 0.328. The van der Waals surface area contributed by atoms with Crippen LogP contribution in [-0.2, 0) is 0 Å². The first-order valence-corrected chi connectivity index (χ1v) is 5.94. The molecule has 1 aliphatic rings. The lowest BCUT2D eigenvalue weighted by Gasteiger charge is -2.22. The number of aromatic nitrogens is 1. The summed E-state index contributed by atoms with van der Waals surface area (Å²) >= 11 is 0. The molecule has 0 aliphatic heterocycles. The molecule has 1 aliphatic carbocycles. The molecule has 17 heavy (non-hydrogen) atoms. The van der Waals surface area contributed by atoms with Crippen molar-refractivity contribution in [2.24, 2.45) is 5.92 Å². The molecular formula is C13H17N3O. The Morgan fingerprint density at radius 3 is 3.12 bits per heavy atom. The first-order valence-electron chi connectivity index (χ1n) is 5.94. The van der Waals surface area contributed by atoms with Gasteiger partial charge in [0.1, 0.15) is 0 Å². The Morgan fingerprint density at radius 2 is 2.41 bits per heavy atom. The normalized spacial score (nSPS) is 19.4. The predicted octanol–water partition coefficient (Wildman–Crippen LogP) is 2.02. The van der Waals surface area contributed by atoms with E-state index in [1.54, 1.807) is 24.5 Å². The maximum absolute atomic E-state index is 11.8. The highest BCUT2D eigenvalue weighted by molar-refractivity contribution is 5.93. The quantitative estimate of drug-likeness (QED) is 0.782. The van der Waals surface area contributed by atoms with Crippen LogP contribution in [0.25, 0.3) is 0 Å². The van der Waals surface area contributed by atoms with E-state index in [0.717, 1.165) is 12.1 Å². The summed E-state index contributed by atoms with van der Waals surface area (Å²) in [5.41, 5.74) is 7.37. The number of nitrogens with one attached hydrogen (secondary N) is 2. The molecule has 0 spiro atoms. The topological polar surface area (TPSA) is 54.0 Å². The number of carbonyl (C=O) groups excluding carboxylic acids is 1. The molecule has 4 nitrogen and oxygen atoms in total. The van der Waals surface area contributed by atoms with Crippen molar-refractivity contribution < 1.29 is 4.79 Å². The molecule has 2 rings (SSSR count). The highest BCUT2D eigenvalue weighted by Crippen LogP contribution is 2.21. The van der Waals surface area contributed by atoms with Gasteiger partial charge in [-0.05, 0) is 37.3 Å². The fourth-order valence-electron chi connectivity index (χ4n) is 1.91. The van der Waals surface area contributed by atoms with E-state index in [1.165, 1.54) is 12.8 Å². The second kappa shape index (κ2) is 5.48. The van der Waals surface area contributed by atoms with Gasteiger partial charge in [-0.1, -0.05) is 13.0 Å². The standard InChI is InChI=1S/C13H17N3O/c1-10-5-2-3-7-12(10)15-16-13(17)11-6-4-8-14-9-11/h4,6-10,15H,2-3,5H2,1H3,(H,16,17)/t10-/m0/s1. The summed E-state index contributed by atoms with van der Waals surface area (Å²) in [4.78, 5) is 15.7. The number of carbonyl (C=O) groups is 1. The smallest absolute Gasteiger partial charge is 0.271 e. The first-order chi connectivity index (χ1) is 8.27. The van der Waals surface area contributed by atoms with Crippen LogP contribution in [0, 0.1) is 5.92 Å². The van der Waals surface area contributed by atoms with Gasteiger partial charge >= 0.3 is 0 Å².